The minimum Gasteiger partial charge on any atom is -0.230 e. The van der Waals surface area contributed by atoms with E-state index in [9.17, 15) is 4.39 Å². The molecule has 3 heteroatoms. The second kappa shape index (κ2) is 6.14. The van der Waals surface area contributed by atoms with E-state index in [1.165, 1.54) is 11.6 Å². The van der Waals surface area contributed by atoms with Crippen molar-refractivity contribution >= 4 is 0 Å². The zero-order valence-electron chi connectivity index (χ0n) is 12.9. The molecule has 0 aliphatic carbocycles. The van der Waals surface area contributed by atoms with Crippen LogP contribution in [0.4, 0.5) is 4.39 Å². The lowest BCUT2D eigenvalue weighted by Gasteiger charge is -2.09. The van der Waals surface area contributed by atoms with Crippen LogP contribution in [0.3, 0.4) is 0 Å². The maximum Gasteiger partial charge on any atom is 0.148 e. The Morgan fingerprint density at radius 1 is 1.05 bits per heavy atom. The van der Waals surface area contributed by atoms with Gasteiger partial charge in [-0.1, -0.05) is 43.7 Å². The number of hydrogen-bond donors (Lipinski definition) is 0. The van der Waals surface area contributed by atoms with Gasteiger partial charge < -0.3 is 0 Å². The first-order valence-corrected chi connectivity index (χ1v) is 7.60. The summed E-state index contributed by atoms with van der Waals surface area (Å²) in [6.45, 7) is 4.09. The van der Waals surface area contributed by atoms with E-state index in [0.29, 0.717) is 5.69 Å². The van der Waals surface area contributed by atoms with E-state index in [4.69, 9.17) is 0 Å². The maximum atomic E-state index is 14.1. The minimum atomic E-state index is -0.267. The summed E-state index contributed by atoms with van der Waals surface area (Å²) >= 11 is 0. The maximum absolute atomic E-state index is 14.1. The molecule has 3 aromatic rings. The largest absolute Gasteiger partial charge is 0.230 e. The van der Waals surface area contributed by atoms with Gasteiger partial charge >= 0.3 is 0 Å². The van der Waals surface area contributed by atoms with Crippen LogP contribution in [0.25, 0.3) is 16.9 Å². The molecule has 0 amide bonds. The number of aromatic nitrogens is 2. The zero-order chi connectivity index (χ0) is 15.5. The topological polar surface area (TPSA) is 17.8 Å². The molecular weight excluding hydrogens is 275 g/mol. The molecule has 0 aliphatic rings. The summed E-state index contributed by atoms with van der Waals surface area (Å²) in [5.74, 6) is -0.267. The standard InChI is InChI=1S/C19H19FN2/c1-3-7-15-8-6-9-16(13-15)19-12-14(2)21-22(19)18-11-5-4-10-17(18)20/h4-6,8-13H,3,7H2,1-2H3. The third-order valence-electron chi connectivity index (χ3n) is 3.67. The smallest absolute Gasteiger partial charge is 0.148 e. The van der Waals surface area contributed by atoms with E-state index in [1.807, 2.05) is 31.2 Å². The van der Waals surface area contributed by atoms with E-state index in [-0.39, 0.29) is 5.82 Å². The molecule has 0 unspecified atom stereocenters. The first-order chi connectivity index (χ1) is 10.7. The lowest BCUT2D eigenvalue weighted by atomic mass is 10.0. The predicted molar refractivity (Wildman–Crippen MR) is 87.7 cm³/mol. The molecule has 0 fully saturated rings. The Hall–Kier alpha value is -2.42. The molecule has 2 aromatic carbocycles. The van der Waals surface area contributed by atoms with Crippen LogP contribution in [-0.4, -0.2) is 9.78 Å². The predicted octanol–water partition coefficient (Wildman–Crippen LogP) is 4.94. The number of halogens is 1. The van der Waals surface area contributed by atoms with E-state index in [2.05, 4.69) is 24.2 Å². The summed E-state index contributed by atoms with van der Waals surface area (Å²) < 4.78 is 15.8. The highest BCUT2D eigenvalue weighted by Crippen LogP contribution is 2.26. The van der Waals surface area contributed by atoms with Crippen molar-refractivity contribution in [1.82, 2.24) is 9.78 Å². The summed E-state index contributed by atoms with van der Waals surface area (Å²) in [7, 11) is 0. The van der Waals surface area contributed by atoms with Crippen LogP contribution in [0.15, 0.2) is 54.6 Å². The summed E-state index contributed by atoms with van der Waals surface area (Å²) in [6.07, 6.45) is 2.15. The van der Waals surface area contributed by atoms with Gasteiger partial charge in [-0.05, 0) is 43.2 Å². The van der Waals surface area contributed by atoms with E-state index in [0.717, 1.165) is 29.8 Å². The molecule has 0 bridgehead atoms. The fourth-order valence-corrected chi connectivity index (χ4v) is 2.69. The Kier molecular flexibility index (Phi) is 4.05. The van der Waals surface area contributed by atoms with Crippen LogP contribution in [0.1, 0.15) is 24.6 Å². The molecule has 112 valence electrons. The number of benzene rings is 2. The van der Waals surface area contributed by atoms with Crippen molar-refractivity contribution in [3.05, 3.63) is 71.7 Å². The van der Waals surface area contributed by atoms with Crippen molar-refractivity contribution < 1.29 is 4.39 Å². The van der Waals surface area contributed by atoms with E-state index < -0.39 is 0 Å². The van der Waals surface area contributed by atoms with Gasteiger partial charge in [0, 0.05) is 5.56 Å². The van der Waals surface area contributed by atoms with Crippen molar-refractivity contribution in [3.63, 3.8) is 0 Å². The molecule has 1 aromatic heterocycles. The monoisotopic (exact) mass is 294 g/mol. The van der Waals surface area contributed by atoms with Gasteiger partial charge in [-0.25, -0.2) is 9.07 Å². The average molecular weight is 294 g/mol. The number of para-hydroxylation sites is 1. The van der Waals surface area contributed by atoms with Gasteiger partial charge in [-0.3, -0.25) is 0 Å². The highest BCUT2D eigenvalue weighted by atomic mass is 19.1. The van der Waals surface area contributed by atoms with Crippen molar-refractivity contribution in [1.29, 1.82) is 0 Å². The molecular formula is C19H19FN2. The lowest BCUT2D eigenvalue weighted by molar-refractivity contribution is 0.611. The Bertz CT molecular complexity index is 790. The molecule has 22 heavy (non-hydrogen) atoms. The third kappa shape index (κ3) is 2.80. The summed E-state index contributed by atoms with van der Waals surface area (Å²) in [5, 5.41) is 4.47. The molecule has 1 heterocycles. The van der Waals surface area contributed by atoms with E-state index >= 15 is 0 Å². The van der Waals surface area contributed by atoms with Crippen LogP contribution in [0, 0.1) is 12.7 Å². The SMILES string of the molecule is CCCc1cccc(-c2cc(C)nn2-c2ccccc2F)c1. The molecule has 0 spiro atoms. The van der Waals surface area contributed by atoms with E-state index in [1.54, 1.807) is 16.8 Å². The molecule has 0 aliphatic heterocycles. The molecule has 0 saturated carbocycles. The van der Waals surface area contributed by atoms with Crippen molar-refractivity contribution in [3.8, 4) is 16.9 Å². The summed E-state index contributed by atoms with van der Waals surface area (Å²) in [4.78, 5) is 0. The second-order valence-corrected chi connectivity index (χ2v) is 5.48. The van der Waals surface area contributed by atoms with Crippen LogP contribution in [0.5, 0.6) is 0 Å². The number of aryl methyl sites for hydroxylation is 2. The van der Waals surface area contributed by atoms with Crippen molar-refractivity contribution in [2.45, 2.75) is 26.7 Å². The molecule has 0 radical (unpaired) electrons. The Labute approximate surface area is 130 Å². The quantitative estimate of drug-likeness (QED) is 0.666. The van der Waals surface area contributed by atoms with Gasteiger partial charge in [0.15, 0.2) is 0 Å². The van der Waals surface area contributed by atoms with Crippen LogP contribution < -0.4 is 0 Å². The molecule has 0 atom stereocenters. The number of rotatable bonds is 4. The number of hydrogen-bond acceptors (Lipinski definition) is 1. The molecule has 0 N–H and O–H groups in total. The van der Waals surface area contributed by atoms with Crippen LogP contribution in [-0.2, 0) is 6.42 Å². The zero-order valence-corrected chi connectivity index (χ0v) is 12.9. The molecule has 2 nitrogen and oxygen atoms in total. The van der Waals surface area contributed by atoms with Gasteiger partial charge in [-0.15, -0.1) is 0 Å². The Morgan fingerprint density at radius 2 is 1.86 bits per heavy atom. The first kappa shape index (κ1) is 14.5. The highest BCUT2D eigenvalue weighted by Gasteiger charge is 2.13. The van der Waals surface area contributed by atoms with Gasteiger partial charge in [0.25, 0.3) is 0 Å². The van der Waals surface area contributed by atoms with Gasteiger partial charge in [0.1, 0.15) is 11.5 Å². The third-order valence-corrected chi connectivity index (χ3v) is 3.67. The minimum absolute atomic E-state index is 0.267. The van der Waals surface area contributed by atoms with Crippen molar-refractivity contribution in [2.75, 3.05) is 0 Å². The van der Waals surface area contributed by atoms with Crippen LogP contribution >= 0.6 is 0 Å². The lowest BCUT2D eigenvalue weighted by Crippen LogP contribution is -2.02. The van der Waals surface area contributed by atoms with Crippen LogP contribution in [0.2, 0.25) is 0 Å². The number of nitrogens with zero attached hydrogens (tertiary/aromatic N) is 2. The molecule has 0 saturated heterocycles. The second-order valence-electron chi connectivity index (χ2n) is 5.48. The fraction of sp³-hybridized carbons (Fsp3) is 0.211. The summed E-state index contributed by atoms with van der Waals surface area (Å²) in [5.41, 5.74) is 4.62. The molecule has 3 rings (SSSR count). The van der Waals surface area contributed by atoms with Gasteiger partial charge in [-0.2, -0.15) is 5.10 Å². The highest BCUT2D eigenvalue weighted by molar-refractivity contribution is 5.63. The normalized spacial score (nSPS) is 10.9. The first-order valence-electron chi connectivity index (χ1n) is 7.60. The Balaban J connectivity index is 2.13. The van der Waals surface area contributed by atoms with Gasteiger partial charge in [0.2, 0.25) is 0 Å². The Morgan fingerprint density at radius 3 is 2.64 bits per heavy atom. The average Bonchev–Trinajstić information content (AvgIpc) is 2.90. The van der Waals surface area contributed by atoms with Crippen molar-refractivity contribution in [2.24, 2.45) is 0 Å². The van der Waals surface area contributed by atoms with Gasteiger partial charge in [0.05, 0.1) is 11.4 Å². The summed E-state index contributed by atoms with van der Waals surface area (Å²) in [6, 6.07) is 17.1. The fourth-order valence-electron chi connectivity index (χ4n) is 2.69.